The van der Waals surface area contributed by atoms with E-state index in [4.69, 9.17) is 21.1 Å². The van der Waals surface area contributed by atoms with Crippen LogP contribution in [0.15, 0.2) is 48.5 Å². The highest BCUT2D eigenvalue weighted by atomic mass is 35.5. The lowest BCUT2D eigenvalue weighted by molar-refractivity contribution is -0.154. The normalized spacial score (nSPS) is 24.6. The first-order chi connectivity index (χ1) is 12.6. The predicted octanol–water partition coefficient (Wildman–Crippen LogP) is 3.51. The predicted molar refractivity (Wildman–Crippen MR) is 96.8 cm³/mol. The SMILES string of the molecule is COC(=O)[C@H]1C(=O)N2c3ccccc3CO[C@H]2C[C@@H]1c1ccc(Cl)cc1. The molecule has 0 unspecified atom stereocenters. The summed E-state index contributed by atoms with van der Waals surface area (Å²) < 4.78 is 10.9. The monoisotopic (exact) mass is 371 g/mol. The van der Waals surface area contributed by atoms with Crippen molar-refractivity contribution in [3.63, 3.8) is 0 Å². The lowest BCUT2D eigenvalue weighted by Crippen LogP contribution is -2.56. The van der Waals surface area contributed by atoms with Gasteiger partial charge >= 0.3 is 5.97 Å². The average molecular weight is 372 g/mol. The van der Waals surface area contributed by atoms with Crippen LogP contribution in [0.5, 0.6) is 0 Å². The molecule has 0 saturated carbocycles. The van der Waals surface area contributed by atoms with Crippen molar-refractivity contribution < 1.29 is 19.1 Å². The summed E-state index contributed by atoms with van der Waals surface area (Å²) in [5.41, 5.74) is 2.61. The van der Waals surface area contributed by atoms with Gasteiger partial charge in [0.15, 0.2) is 0 Å². The number of benzene rings is 2. The van der Waals surface area contributed by atoms with Crippen LogP contribution in [0, 0.1) is 5.92 Å². The molecular formula is C20H18ClNO4. The van der Waals surface area contributed by atoms with Crippen LogP contribution in [0.1, 0.15) is 23.5 Å². The molecule has 3 atom stereocenters. The number of piperidine rings is 1. The summed E-state index contributed by atoms with van der Waals surface area (Å²) in [5.74, 6) is -2.05. The highest BCUT2D eigenvalue weighted by Crippen LogP contribution is 2.43. The molecule has 0 aromatic heterocycles. The van der Waals surface area contributed by atoms with E-state index in [-0.39, 0.29) is 11.8 Å². The third-order valence-corrected chi connectivity index (χ3v) is 5.34. The summed E-state index contributed by atoms with van der Waals surface area (Å²) in [6.45, 7) is 0.445. The Bertz CT molecular complexity index is 851. The molecular weight excluding hydrogens is 354 g/mol. The highest BCUT2D eigenvalue weighted by molar-refractivity contribution is 6.30. The van der Waals surface area contributed by atoms with Gasteiger partial charge in [-0.25, -0.2) is 0 Å². The summed E-state index contributed by atoms with van der Waals surface area (Å²) in [6.07, 6.45) is 0.112. The number of methoxy groups -OCH3 is 1. The zero-order valence-corrected chi connectivity index (χ0v) is 15.0. The zero-order valence-electron chi connectivity index (χ0n) is 14.2. The van der Waals surface area contributed by atoms with Crippen LogP contribution >= 0.6 is 11.6 Å². The summed E-state index contributed by atoms with van der Waals surface area (Å²) in [6, 6.07) is 14.8. The van der Waals surface area contributed by atoms with Gasteiger partial charge in [-0.2, -0.15) is 0 Å². The largest absolute Gasteiger partial charge is 0.468 e. The number of hydrogen-bond acceptors (Lipinski definition) is 4. The molecule has 0 N–H and O–H groups in total. The van der Waals surface area contributed by atoms with Gasteiger partial charge in [0.1, 0.15) is 12.1 Å². The molecule has 2 aromatic rings. The highest BCUT2D eigenvalue weighted by Gasteiger charge is 2.49. The number of carbonyl (C=O) groups is 2. The minimum atomic E-state index is -0.910. The Kier molecular flexibility index (Phi) is 4.42. The van der Waals surface area contributed by atoms with Gasteiger partial charge in [0.25, 0.3) is 0 Å². The number of esters is 1. The molecule has 6 heteroatoms. The molecule has 1 amide bonds. The summed E-state index contributed by atoms with van der Waals surface area (Å²) in [4.78, 5) is 27.4. The van der Waals surface area contributed by atoms with Gasteiger partial charge in [0, 0.05) is 22.9 Å². The molecule has 0 aliphatic carbocycles. The molecule has 0 radical (unpaired) electrons. The van der Waals surface area contributed by atoms with E-state index in [9.17, 15) is 9.59 Å². The molecule has 0 bridgehead atoms. The fourth-order valence-electron chi connectivity index (χ4n) is 3.82. The topological polar surface area (TPSA) is 55.8 Å². The number of amides is 1. The van der Waals surface area contributed by atoms with E-state index in [0.717, 1.165) is 16.8 Å². The van der Waals surface area contributed by atoms with E-state index >= 15 is 0 Å². The maximum atomic E-state index is 13.3. The quantitative estimate of drug-likeness (QED) is 0.599. The summed E-state index contributed by atoms with van der Waals surface area (Å²) in [5, 5.41) is 0.606. The van der Waals surface area contributed by atoms with Gasteiger partial charge in [-0.15, -0.1) is 0 Å². The number of ether oxygens (including phenoxy) is 2. The second-order valence-corrected chi connectivity index (χ2v) is 6.93. The van der Waals surface area contributed by atoms with E-state index in [2.05, 4.69) is 0 Å². The van der Waals surface area contributed by atoms with Gasteiger partial charge in [-0.1, -0.05) is 41.9 Å². The second kappa shape index (κ2) is 6.74. The molecule has 26 heavy (non-hydrogen) atoms. The Morgan fingerprint density at radius 3 is 2.65 bits per heavy atom. The summed E-state index contributed by atoms with van der Waals surface area (Å²) in [7, 11) is 1.31. The van der Waals surface area contributed by atoms with Crippen molar-refractivity contribution in [2.24, 2.45) is 5.92 Å². The number of fused-ring (bicyclic) bond motifs is 3. The van der Waals surface area contributed by atoms with Crippen LogP contribution in [-0.4, -0.2) is 25.2 Å². The standard InChI is InChI=1S/C20H18ClNO4/c1-25-20(24)18-15(12-6-8-14(21)9-7-12)10-17-22(19(18)23)16-5-3-2-4-13(16)11-26-17/h2-9,15,17-18H,10-11H2,1H3/t15-,17+,18-/m1/s1. The second-order valence-electron chi connectivity index (χ2n) is 6.50. The first-order valence-electron chi connectivity index (χ1n) is 8.46. The number of para-hydroxylation sites is 1. The number of anilines is 1. The van der Waals surface area contributed by atoms with Crippen molar-refractivity contribution in [3.05, 3.63) is 64.7 Å². The van der Waals surface area contributed by atoms with E-state index in [1.54, 1.807) is 17.0 Å². The Morgan fingerprint density at radius 1 is 1.19 bits per heavy atom. The van der Waals surface area contributed by atoms with Crippen LogP contribution in [0.4, 0.5) is 5.69 Å². The minimum Gasteiger partial charge on any atom is -0.468 e. The molecule has 0 spiro atoms. The fourth-order valence-corrected chi connectivity index (χ4v) is 3.95. The molecule has 1 fully saturated rings. The van der Waals surface area contributed by atoms with Crippen molar-refractivity contribution in [2.45, 2.75) is 25.2 Å². The Morgan fingerprint density at radius 2 is 1.92 bits per heavy atom. The molecule has 5 nitrogen and oxygen atoms in total. The number of rotatable bonds is 2. The zero-order chi connectivity index (χ0) is 18.3. The molecule has 2 aliphatic rings. The Labute approximate surface area is 156 Å². The average Bonchev–Trinajstić information content (AvgIpc) is 2.67. The molecule has 2 aromatic carbocycles. The lowest BCUT2D eigenvalue weighted by atomic mass is 9.78. The van der Waals surface area contributed by atoms with E-state index in [1.807, 2.05) is 36.4 Å². The maximum absolute atomic E-state index is 13.3. The van der Waals surface area contributed by atoms with E-state index < -0.39 is 18.1 Å². The van der Waals surface area contributed by atoms with Gasteiger partial charge in [-0.3, -0.25) is 14.5 Å². The van der Waals surface area contributed by atoms with Crippen LogP contribution in [0.2, 0.25) is 5.02 Å². The molecule has 2 aliphatic heterocycles. The van der Waals surface area contributed by atoms with Crippen molar-refractivity contribution in [2.75, 3.05) is 12.0 Å². The Hall–Kier alpha value is -2.37. The first kappa shape index (κ1) is 17.1. The molecule has 2 heterocycles. The van der Waals surface area contributed by atoms with E-state index in [0.29, 0.717) is 18.1 Å². The number of nitrogens with zero attached hydrogens (tertiary/aromatic N) is 1. The van der Waals surface area contributed by atoms with Crippen LogP contribution < -0.4 is 4.90 Å². The number of halogens is 1. The van der Waals surface area contributed by atoms with Crippen molar-refractivity contribution >= 4 is 29.2 Å². The first-order valence-corrected chi connectivity index (χ1v) is 8.84. The van der Waals surface area contributed by atoms with Crippen LogP contribution in [-0.2, 0) is 25.7 Å². The fraction of sp³-hybridized carbons (Fsp3) is 0.300. The van der Waals surface area contributed by atoms with Crippen LogP contribution in [0.3, 0.4) is 0 Å². The van der Waals surface area contributed by atoms with Gasteiger partial charge < -0.3 is 9.47 Å². The van der Waals surface area contributed by atoms with Gasteiger partial charge in [-0.05, 0) is 23.8 Å². The third kappa shape index (κ3) is 2.77. The summed E-state index contributed by atoms with van der Waals surface area (Å²) >= 11 is 5.98. The van der Waals surface area contributed by atoms with E-state index in [1.165, 1.54) is 7.11 Å². The minimum absolute atomic E-state index is 0.291. The van der Waals surface area contributed by atoms with Crippen molar-refractivity contribution in [1.82, 2.24) is 0 Å². The van der Waals surface area contributed by atoms with Crippen LogP contribution in [0.25, 0.3) is 0 Å². The van der Waals surface area contributed by atoms with Gasteiger partial charge in [0.05, 0.1) is 19.4 Å². The van der Waals surface area contributed by atoms with Crippen molar-refractivity contribution in [1.29, 1.82) is 0 Å². The maximum Gasteiger partial charge on any atom is 0.318 e. The Balaban J connectivity index is 1.76. The van der Waals surface area contributed by atoms with Crippen molar-refractivity contribution in [3.8, 4) is 0 Å². The molecule has 1 saturated heterocycles. The number of hydrogen-bond donors (Lipinski definition) is 0. The van der Waals surface area contributed by atoms with Gasteiger partial charge in [0.2, 0.25) is 5.91 Å². The smallest absolute Gasteiger partial charge is 0.318 e. The number of carbonyl (C=O) groups excluding carboxylic acids is 2. The molecule has 4 rings (SSSR count). The lowest BCUT2D eigenvalue weighted by Gasteiger charge is -2.45. The molecule has 134 valence electrons. The third-order valence-electron chi connectivity index (χ3n) is 5.09.